The van der Waals surface area contributed by atoms with Crippen LogP contribution in [0.2, 0.25) is 0 Å². The van der Waals surface area contributed by atoms with Gasteiger partial charge in [0.15, 0.2) is 0 Å². The summed E-state index contributed by atoms with van der Waals surface area (Å²) in [6.07, 6.45) is 0.814. The fraction of sp³-hybridized carbons (Fsp3) is 0.250. The molecular formula is C12H14N2O. The highest BCUT2D eigenvalue weighted by molar-refractivity contribution is 5.92. The first-order valence-corrected chi connectivity index (χ1v) is 4.77. The van der Waals surface area contributed by atoms with E-state index in [1.54, 1.807) is 24.3 Å². The summed E-state index contributed by atoms with van der Waals surface area (Å²) in [6, 6.07) is 6.97. The van der Waals surface area contributed by atoms with Crippen molar-refractivity contribution >= 4 is 5.91 Å². The van der Waals surface area contributed by atoms with E-state index < -0.39 is 5.91 Å². The second-order valence-corrected chi connectivity index (χ2v) is 3.10. The Labute approximate surface area is 89.7 Å². The van der Waals surface area contributed by atoms with Crippen LogP contribution in [0.25, 0.3) is 0 Å². The molecule has 15 heavy (non-hydrogen) atoms. The summed E-state index contributed by atoms with van der Waals surface area (Å²) < 4.78 is 0. The van der Waals surface area contributed by atoms with Gasteiger partial charge >= 0.3 is 0 Å². The van der Waals surface area contributed by atoms with E-state index >= 15 is 0 Å². The molecule has 0 aliphatic heterocycles. The van der Waals surface area contributed by atoms with Crippen LogP contribution in [0.15, 0.2) is 24.3 Å². The Morgan fingerprint density at radius 1 is 1.40 bits per heavy atom. The van der Waals surface area contributed by atoms with Gasteiger partial charge in [-0.05, 0) is 31.3 Å². The van der Waals surface area contributed by atoms with E-state index in [1.165, 1.54) is 0 Å². The summed E-state index contributed by atoms with van der Waals surface area (Å²) in [4.78, 5) is 10.8. The van der Waals surface area contributed by atoms with Crippen molar-refractivity contribution < 1.29 is 4.79 Å². The van der Waals surface area contributed by atoms with Crippen LogP contribution in [0, 0.1) is 11.8 Å². The predicted molar refractivity (Wildman–Crippen MR) is 60.4 cm³/mol. The zero-order valence-corrected chi connectivity index (χ0v) is 8.71. The van der Waals surface area contributed by atoms with Crippen LogP contribution in [0.4, 0.5) is 0 Å². The predicted octanol–water partition coefficient (Wildman–Crippen LogP) is 0.746. The minimum absolute atomic E-state index is 0.412. The lowest BCUT2D eigenvalue weighted by Gasteiger charge is -1.94. The van der Waals surface area contributed by atoms with Gasteiger partial charge in [-0.3, -0.25) is 4.79 Å². The minimum Gasteiger partial charge on any atom is -0.366 e. The molecule has 0 aliphatic rings. The van der Waals surface area contributed by atoms with E-state index in [-0.39, 0.29) is 0 Å². The van der Waals surface area contributed by atoms with Crippen LogP contribution < -0.4 is 11.1 Å². The number of primary amides is 1. The number of amides is 1. The standard InChI is InChI=1S/C12H14N2O/c1-14-9-3-2-4-10-5-7-11(8-6-10)12(13)15/h5-8,14H,3,9H2,1H3,(H2,13,15). The average molecular weight is 202 g/mol. The normalized spacial score (nSPS) is 9.13. The van der Waals surface area contributed by atoms with Gasteiger partial charge in [0.25, 0.3) is 0 Å². The largest absolute Gasteiger partial charge is 0.366 e. The zero-order valence-electron chi connectivity index (χ0n) is 8.71. The Morgan fingerprint density at radius 3 is 2.60 bits per heavy atom. The molecule has 1 aromatic rings. The summed E-state index contributed by atoms with van der Waals surface area (Å²) in [5, 5.41) is 3.01. The molecule has 1 aromatic carbocycles. The van der Waals surface area contributed by atoms with Gasteiger partial charge in [0.2, 0.25) is 5.91 Å². The summed E-state index contributed by atoms with van der Waals surface area (Å²) in [7, 11) is 1.89. The monoisotopic (exact) mass is 202 g/mol. The molecule has 0 aromatic heterocycles. The van der Waals surface area contributed by atoms with Crippen molar-refractivity contribution in [3.05, 3.63) is 35.4 Å². The lowest BCUT2D eigenvalue weighted by Crippen LogP contribution is -2.10. The van der Waals surface area contributed by atoms with Gasteiger partial charge in [0.1, 0.15) is 0 Å². The SMILES string of the molecule is CNCCC#Cc1ccc(C(N)=O)cc1. The molecule has 0 atom stereocenters. The van der Waals surface area contributed by atoms with E-state index in [1.807, 2.05) is 7.05 Å². The van der Waals surface area contributed by atoms with Gasteiger partial charge in [-0.15, -0.1) is 0 Å². The van der Waals surface area contributed by atoms with E-state index in [0.717, 1.165) is 18.5 Å². The van der Waals surface area contributed by atoms with Crippen LogP contribution in [-0.4, -0.2) is 19.5 Å². The van der Waals surface area contributed by atoms with Gasteiger partial charge in [0.05, 0.1) is 0 Å². The number of nitrogens with one attached hydrogen (secondary N) is 1. The average Bonchev–Trinajstić information content (AvgIpc) is 2.25. The molecule has 0 fully saturated rings. The Balaban J connectivity index is 2.63. The van der Waals surface area contributed by atoms with Gasteiger partial charge in [0, 0.05) is 24.1 Å². The smallest absolute Gasteiger partial charge is 0.248 e. The Kier molecular flexibility index (Phi) is 4.39. The molecule has 3 heteroatoms. The van der Waals surface area contributed by atoms with Crippen LogP contribution in [0.1, 0.15) is 22.3 Å². The molecule has 0 heterocycles. The molecule has 0 saturated carbocycles. The van der Waals surface area contributed by atoms with Gasteiger partial charge in [-0.2, -0.15) is 0 Å². The number of carbonyl (C=O) groups is 1. The Bertz CT molecular complexity index is 384. The Morgan fingerprint density at radius 2 is 2.07 bits per heavy atom. The second kappa shape index (κ2) is 5.84. The van der Waals surface area contributed by atoms with E-state index in [2.05, 4.69) is 17.2 Å². The fourth-order valence-corrected chi connectivity index (χ4v) is 1.07. The highest BCUT2D eigenvalue weighted by Gasteiger charge is 1.97. The third-order valence-electron chi connectivity index (χ3n) is 1.90. The molecule has 0 saturated heterocycles. The third kappa shape index (κ3) is 3.84. The minimum atomic E-state index is -0.412. The topological polar surface area (TPSA) is 55.1 Å². The van der Waals surface area contributed by atoms with Crippen molar-refractivity contribution in [1.82, 2.24) is 5.32 Å². The van der Waals surface area contributed by atoms with Crippen LogP contribution in [-0.2, 0) is 0 Å². The third-order valence-corrected chi connectivity index (χ3v) is 1.90. The molecule has 0 radical (unpaired) electrons. The van der Waals surface area contributed by atoms with E-state index in [4.69, 9.17) is 5.73 Å². The number of hydrogen-bond donors (Lipinski definition) is 2. The maximum absolute atomic E-state index is 10.8. The first-order valence-electron chi connectivity index (χ1n) is 4.77. The number of benzene rings is 1. The lowest BCUT2D eigenvalue weighted by atomic mass is 10.1. The van der Waals surface area contributed by atoms with Crippen molar-refractivity contribution in [2.45, 2.75) is 6.42 Å². The van der Waals surface area contributed by atoms with Crippen molar-refractivity contribution in [2.24, 2.45) is 5.73 Å². The van der Waals surface area contributed by atoms with Gasteiger partial charge < -0.3 is 11.1 Å². The summed E-state index contributed by atoms with van der Waals surface area (Å²) in [5.74, 6) is 5.61. The number of carbonyl (C=O) groups excluding carboxylic acids is 1. The van der Waals surface area contributed by atoms with Crippen molar-refractivity contribution in [3.8, 4) is 11.8 Å². The van der Waals surface area contributed by atoms with Gasteiger partial charge in [-0.25, -0.2) is 0 Å². The maximum atomic E-state index is 10.8. The maximum Gasteiger partial charge on any atom is 0.248 e. The van der Waals surface area contributed by atoms with Crippen LogP contribution in [0.5, 0.6) is 0 Å². The molecule has 0 aliphatic carbocycles. The number of rotatable bonds is 3. The summed E-state index contributed by atoms with van der Waals surface area (Å²) >= 11 is 0. The molecule has 0 unspecified atom stereocenters. The van der Waals surface area contributed by atoms with E-state index in [9.17, 15) is 4.79 Å². The van der Waals surface area contributed by atoms with Crippen molar-refractivity contribution in [3.63, 3.8) is 0 Å². The highest BCUT2D eigenvalue weighted by Crippen LogP contribution is 2.02. The molecular weight excluding hydrogens is 188 g/mol. The second-order valence-electron chi connectivity index (χ2n) is 3.10. The quantitative estimate of drug-likeness (QED) is 0.561. The molecule has 1 amide bonds. The summed E-state index contributed by atoms with van der Waals surface area (Å²) in [5.41, 5.74) is 6.53. The number of hydrogen-bond acceptors (Lipinski definition) is 2. The highest BCUT2D eigenvalue weighted by atomic mass is 16.1. The number of nitrogens with two attached hydrogens (primary N) is 1. The zero-order chi connectivity index (χ0) is 11.1. The molecule has 3 N–H and O–H groups in total. The van der Waals surface area contributed by atoms with Gasteiger partial charge in [-0.1, -0.05) is 11.8 Å². The first-order chi connectivity index (χ1) is 7.24. The van der Waals surface area contributed by atoms with Crippen LogP contribution in [0.3, 0.4) is 0 Å². The van der Waals surface area contributed by atoms with Crippen molar-refractivity contribution in [2.75, 3.05) is 13.6 Å². The first kappa shape index (κ1) is 11.3. The molecule has 0 bridgehead atoms. The lowest BCUT2D eigenvalue weighted by molar-refractivity contribution is 0.100. The molecule has 78 valence electrons. The van der Waals surface area contributed by atoms with Crippen molar-refractivity contribution in [1.29, 1.82) is 0 Å². The fourth-order valence-electron chi connectivity index (χ4n) is 1.07. The molecule has 1 rings (SSSR count). The molecule has 3 nitrogen and oxygen atoms in total. The molecule has 0 spiro atoms. The van der Waals surface area contributed by atoms with Crippen LogP contribution >= 0.6 is 0 Å². The van der Waals surface area contributed by atoms with E-state index in [0.29, 0.717) is 5.56 Å². The Hall–Kier alpha value is -1.79. The summed E-state index contributed by atoms with van der Waals surface area (Å²) in [6.45, 7) is 0.881.